The largest absolute Gasteiger partial charge is 0.369 e. The Labute approximate surface area is 173 Å². The van der Waals surface area contributed by atoms with Crippen LogP contribution in [0.25, 0.3) is 0 Å². The highest BCUT2D eigenvalue weighted by Crippen LogP contribution is 2.25. The highest BCUT2D eigenvalue weighted by molar-refractivity contribution is 6.30. The first-order valence-corrected chi connectivity index (χ1v) is 9.23. The van der Waals surface area contributed by atoms with E-state index in [0.29, 0.717) is 12.3 Å². The number of amides is 1. The molecule has 2 aliphatic heterocycles. The van der Waals surface area contributed by atoms with Crippen molar-refractivity contribution < 1.29 is 4.79 Å². The Balaban J connectivity index is 0.00000169. The Hall–Kier alpha value is -0.720. The molecule has 0 atom stereocenters. The second kappa shape index (κ2) is 11.2. The lowest BCUT2D eigenvalue weighted by molar-refractivity contribution is -0.132. The van der Waals surface area contributed by atoms with Gasteiger partial charge in [-0.3, -0.25) is 9.69 Å². The first-order chi connectivity index (χ1) is 11.6. The fourth-order valence-electron chi connectivity index (χ4n) is 3.46. The van der Waals surface area contributed by atoms with Crippen molar-refractivity contribution in [1.82, 2.24) is 15.1 Å². The molecule has 0 radical (unpaired) electrons. The minimum Gasteiger partial charge on any atom is -0.369 e. The molecule has 0 saturated carbocycles. The zero-order valence-electron chi connectivity index (χ0n) is 15.2. The van der Waals surface area contributed by atoms with Gasteiger partial charge in [0.05, 0.1) is 0 Å². The molecule has 1 N–H and O–H groups in total. The Morgan fingerprint density at radius 2 is 1.73 bits per heavy atom. The molecule has 0 unspecified atom stereocenters. The molecule has 0 spiro atoms. The minimum atomic E-state index is 0. The van der Waals surface area contributed by atoms with E-state index in [1.54, 1.807) is 0 Å². The van der Waals surface area contributed by atoms with E-state index in [1.807, 2.05) is 11.0 Å². The number of aryl methyl sites for hydroxylation is 1. The number of nitrogens with one attached hydrogen (secondary N) is 1. The lowest BCUT2D eigenvalue weighted by Gasteiger charge is -2.37. The number of hydrogen-bond donors (Lipinski definition) is 1. The molecule has 26 heavy (non-hydrogen) atoms. The molecular formula is C18H29Cl3N4O. The number of hydrogen-bond acceptors (Lipinski definition) is 4. The molecule has 8 heteroatoms. The van der Waals surface area contributed by atoms with E-state index in [4.69, 9.17) is 11.6 Å². The lowest BCUT2D eigenvalue weighted by Crippen LogP contribution is -2.49. The van der Waals surface area contributed by atoms with E-state index in [-0.39, 0.29) is 24.8 Å². The van der Waals surface area contributed by atoms with Crippen molar-refractivity contribution in [2.45, 2.75) is 13.3 Å². The molecule has 0 aliphatic carbocycles. The summed E-state index contributed by atoms with van der Waals surface area (Å²) in [6, 6.07) is 6.08. The SMILES string of the molecule is Cc1ccc(Cl)cc1N1CCN(CCC(=O)N2CCNCC2)CC1.Cl.Cl. The van der Waals surface area contributed by atoms with Gasteiger partial charge < -0.3 is 15.1 Å². The predicted octanol–water partition coefficient (Wildman–Crippen LogP) is 2.44. The number of carbonyl (C=O) groups excluding carboxylic acids is 1. The fourth-order valence-corrected chi connectivity index (χ4v) is 3.63. The Morgan fingerprint density at radius 3 is 2.38 bits per heavy atom. The van der Waals surface area contributed by atoms with Gasteiger partial charge in [0.15, 0.2) is 0 Å². The van der Waals surface area contributed by atoms with Crippen LogP contribution in [0.4, 0.5) is 5.69 Å². The monoisotopic (exact) mass is 422 g/mol. The first-order valence-electron chi connectivity index (χ1n) is 8.85. The number of carbonyl (C=O) groups is 1. The second-order valence-electron chi connectivity index (χ2n) is 6.64. The van der Waals surface area contributed by atoms with E-state index >= 15 is 0 Å². The average Bonchev–Trinajstić information content (AvgIpc) is 2.63. The predicted molar refractivity (Wildman–Crippen MR) is 113 cm³/mol. The summed E-state index contributed by atoms with van der Waals surface area (Å²) in [5.41, 5.74) is 2.50. The molecule has 2 aliphatic rings. The zero-order chi connectivity index (χ0) is 16.9. The molecule has 1 aromatic rings. The molecule has 1 aromatic carbocycles. The molecule has 2 saturated heterocycles. The molecule has 148 valence electrons. The van der Waals surface area contributed by atoms with Gasteiger partial charge in [0.2, 0.25) is 5.91 Å². The van der Waals surface area contributed by atoms with E-state index in [1.165, 1.54) is 11.3 Å². The molecular weight excluding hydrogens is 395 g/mol. The number of nitrogens with zero attached hydrogens (tertiary/aromatic N) is 3. The summed E-state index contributed by atoms with van der Waals surface area (Å²) < 4.78 is 0. The molecule has 1 amide bonds. The maximum atomic E-state index is 12.3. The molecule has 3 rings (SSSR count). The highest BCUT2D eigenvalue weighted by Gasteiger charge is 2.21. The maximum absolute atomic E-state index is 12.3. The quantitative estimate of drug-likeness (QED) is 0.807. The van der Waals surface area contributed by atoms with E-state index in [9.17, 15) is 4.79 Å². The van der Waals surface area contributed by atoms with Crippen molar-refractivity contribution in [3.05, 3.63) is 28.8 Å². The van der Waals surface area contributed by atoms with Crippen LogP contribution in [-0.2, 0) is 4.79 Å². The molecule has 5 nitrogen and oxygen atoms in total. The standard InChI is InChI=1S/C18H27ClN4O.2ClH/c1-15-2-3-16(19)14-17(15)22-12-10-21(11-13-22)7-4-18(24)23-8-5-20-6-9-23;;/h2-3,14,20H,4-13H2,1H3;2*1H. The lowest BCUT2D eigenvalue weighted by atomic mass is 10.1. The molecule has 2 fully saturated rings. The van der Waals surface area contributed by atoms with Gasteiger partial charge in [-0.1, -0.05) is 17.7 Å². The zero-order valence-corrected chi connectivity index (χ0v) is 17.6. The Bertz CT molecular complexity index is 574. The molecule has 0 aromatic heterocycles. The van der Waals surface area contributed by atoms with Gasteiger partial charge in [-0.05, 0) is 24.6 Å². The van der Waals surface area contributed by atoms with Gasteiger partial charge in [0.25, 0.3) is 0 Å². The molecule has 0 bridgehead atoms. The number of halogens is 3. The summed E-state index contributed by atoms with van der Waals surface area (Å²) in [4.78, 5) is 19.0. The Kier molecular flexibility index (Phi) is 10.0. The van der Waals surface area contributed by atoms with Crippen molar-refractivity contribution in [3.63, 3.8) is 0 Å². The first kappa shape index (κ1) is 23.3. The van der Waals surface area contributed by atoms with Crippen LogP contribution in [-0.4, -0.2) is 74.6 Å². The van der Waals surface area contributed by atoms with E-state index < -0.39 is 0 Å². The van der Waals surface area contributed by atoms with E-state index in [2.05, 4.69) is 34.2 Å². The van der Waals surface area contributed by atoms with Crippen LogP contribution in [0.5, 0.6) is 0 Å². The summed E-state index contributed by atoms with van der Waals surface area (Å²) in [5, 5.41) is 4.08. The van der Waals surface area contributed by atoms with Crippen molar-refractivity contribution in [2.24, 2.45) is 0 Å². The van der Waals surface area contributed by atoms with Gasteiger partial charge in [-0.15, -0.1) is 24.8 Å². The average molecular weight is 424 g/mol. The summed E-state index contributed by atoms with van der Waals surface area (Å²) in [6.07, 6.45) is 0.635. The summed E-state index contributed by atoms with van der Waals surface area (Å²) in [6.45, 7) is 10.5. The molecule has 2 heterocycles. The number of rotatable bonds is 4. The van der Waals surface area contributed by atoms with Crippen LogP contribution < -0.4 is 10.2 Å². The highest BCUT2D eigenvalue weighted by atomic mass is 35.5. The minimum absolute atomic E-state index is 0. The third-order valence-corrected chi connectivity index (χ3v) is 5.23. The van der Waals surface area contributed by atoms with Gasteiger partial charge in [-0.25, -0.2) is 0 Å². The number of benzene rings is 1. The van der Waals surface area contributed by atoms with Gasteiger partial charge in [0.1, 0.15) is 0 Å². The number of anilines is 1. The third kappa shape index (κ3) is 6.17. The van der Waals surface area contributed by atoms with Crippen molar-refractivity contribution in [2.75, 3.05) is 63.8 Å². The van der Waals surface area contributed by atoms with Gasteiger partial charge in [-0.2, -0.15) is 0 Å². The summed E-state index contributed by atoms with van der Waals surface area (Å²) >= 11 is 6.14. The van der Waals surface area contributed by atoms with Gasteiger partial charge >= 0.3 is 0 Å². The Morgan fingerprint density at radius 1 is 1.08 bits per heavy atom. The smallest absolute Gasteiger partial charge is 0.223 e. The van der Waals surface area contributed by atoms with Crippen LogP contribution >= 0.6 is 36.4 Å². The second-order valence-corrected chi connectivity index (χ2v) is 7.08. The van der Waals surface area contributed by atoms with Crippen molar-refractivity contribution in [3.8, 4) is 0 Å². The van der Waals surface area contributed by atoms with Crippen LogP contribution in [0.2, 0.25) is 5.02 Å². The van der Waals surface area contributed by atoms with Crippen LogP contribution in [0.1, 0.15) is 12.0 Å². The van der Waals surface area contributed by atoms with Crippen molar-refractivity contribution in [1.29, 1.82) is 0 Å². The van der Waals surface area contributed by atoms with Crippen molar-refractivity contribution >= 4 is 48.0 Å². The fraction of sp³-hybridized carbons (Fsp3) is 0.611. The maximum Gasteiger partial charge on any atom is 0.223 e. The third-order valence-electron chi connectivity index (χ3n) is 5.00. The summed E-state index contributed by atoms with van der Waals surface area (Å²) in [7, 11) is 0. The topological polar surface area (TPSA) is 38.8 Å². The van der Waals surface area contributed by atoms with E-state index in [0.717, 1.165) is 63.9 Å². The van der Waals surface area contributed by atoms with Crippen LogP contribution in [0.3, 0.4) is 0 Å². The number of piperazine rings is 2. The normalized spacial score (nSPS) is 18.1. The van der Waals surface area contributed by atoms with Crippen LogP contribution in [0.15, 0.2) is 18.2 Å². The summed E-state index contributed by atoms with van der Waals surface area (Å²) in [5.74, 6) is 0.296. The van der Waals surface area contributed by atoms with Gasteiger partial charge in [0, 0.05) is 76.0 Å². The van der Waals surface area contributed by atoms with Crippen LogP contribution in [0, 0.1) is 6.92 Å².